The van der Waals surface area contributed by atoms with Crippen molar-refractivity contribution in [1.82, 2.24) is 14.8 Å². The van der Waals surface area contributed by atoms with Gasteiger partial charge in [0.2, 0.25) is 5.91 Å². The lowest BCUT2D eigenvalue weighted by molar-refractivity contribution is -0.137. The number of nitrogens with zero attached hydrogens (tertiary/aromatic N) is 4. The Hall–Kier alpha value is -3.61. The van der Waals surface area contributed by atoms with E-state index < -0.39 is 6.04 Å². The molecular weight excluding hydrogens is 392 g/mol. The van der Waals surface area contributed by atoms with Crippen LogP contribution in [0.3, 0.4) is 0 Å². The summed E-state index contributed by atoms with van der Waals surface area (Å²) in [7, 11) is 0. The highest BCUT2D eigenvalue weighted by atomic mass is 16.3. The first-order valence-corrected chi connectivity index (χ1v) is 10.6. The first-order chi connectivity index (χ1) is 15.2. The Morgan fingerprint density at radius 1 is 0.903 bits per heavy atom. The van der Waals surface area contributed by atoms with Crippen LogP contribution in [0.1, 0.15) is 21.7 Å². The van der Waals surface area contributed by atoms with E-state index in [9.17, 15) is 9.59 Å². The molecule has 1 fully saturated rings. The number of pyridine rings is 1. The Morgan fingerprint density at radius 2 is 1.68 bits per heavy atom. The quantitative estimate of drug-likeness (QED) is 0.657. The minimum atomic E-state index is -0.533. The molecule has 0 N–H and O–H groups in total. The largest absolute Gasteiger partial charge is 0.459 e. The number of aromatic nitrogens is 1. The van der Waals surface area contributed by atoms with Crippen molar-refractivity contribution in [3.05, 3.63) is 83.9 Å². The molecular formula is C24H24N4O3. The van der Waals surface area contributed by atoms with Crippen LogP contribution in [-0.2, 0) is 17.8 Å². The number of benzene rings is 1. The summed E-state index contributed by atoms with van der Waals surface area (Å²) in [5, 5.41) is 0. The van der Waals surface area contributed by atoms with Gasteiger partial charge in [0.15, 0.2) is 5.76 Å². The third-order valence-electron chi connectivity index (χ3n) is 6.09. The van der Waals surface area contributed by atoms with Crippen molar-refractivity contribution in [2.24, 2.45) is 0 Å². The number of carbonyl (C=O) groups excluding carboxylic acids is 2. The van der Waals surface area contributed by atoms with Crippen molar-refractivity contribution in [3.8, 4) is 0 Å². The molecule has 0 saturated carbocycles. The molecule has 4 heterocycles. The van der Waals surface area contributed by atoms with Crippen LogP contribution < -0.4 is 4.90 Å². The summed E-state index contributed by atoms with van der Waals surface area (Å²) >= 11 is 0. The molecule has 1 atom stereocenters. The molecule has 2 amide bonds. The Morgan fingerprint density at radius 3 is 2.39 bits per heavy atom. The van der Waals surface area contributed by atoms with Crippen molar-refractivity contribution in [2.75, 3.05) is 31.1 Å². The van der Waals surface area contributed by atoms with E-state index in [0.717, 1.165) is 30.0 Å². The highest BCUT2D eigenvalue weighted by Gasteiger charge is 2.38. The first-order valence-electron chi connectivity index (χ1n) is 10.6. The van der Waals surface area contributed by atoms with E-state index in [4.69, 9.17) is 4.42 Å². The third-order valence-corrected chi connectivity index (χ3v) is 6.09. The van der Waals surface area contributed by atoms with Crippen LogP contribution in [-0.4, -0.2) is 58.8 Å². The second-order valence-electron chi connectivity index (χ2n) is 7.90. The highest BCUT2D eigenvalue weighted by Crippen LogP contribution is 2.27. The van der Waals surface area contributed by atoms with Crippen molar-refractivity contribution in [1.29, 1.82) is 0 Å². The number of anilines is 1. The zero-order valence-electron chi connectivity index (χ0n) is 17.2. The normalized spacial score (nSPS) is 18.6. The lowest BCUT2D eigenvalue weighted by atomic mass is 9.92. The van der Waals surface area contributed by atoms with E-state index in [1.165, 1.54) is 6.26 Å². The summed E-state index contributed by atoms with van der Waals surface area (Å²) in [6.45, 7) is 3.06. The molecule has 0 radical (unpaired) electrons. The van der Waals surface area contributed by atoms with E-state index in [2.05, 4.69) is 9.88 Å². The zero-order chi connectivity index (χ0) is 21.2. The average Bonchev–Trinajstić information content (AvgIpc) is 3.38. The molecule has 3 aromatic rings. The molecule has 2 aliphatic heterocycles. The van der Waals surface area contributed by atoms with E-state index in [1.807, 2.05) is 47.4 Å². The topological polar surface area (TPSA) is 69.9 Å². The predicted molar refractivity (Wildman–Crippen MR) is 116 cm³/mol. The number of piperazine rings is 1. The fraction of sp³-hybridized carbons (Fsp3) is 0.292. The molecule has 0 bridgehead atoms. The second-order valence-corrected chi connectivity index (χ2v) is 7.90. The maximum Gasteiger partial charge on any atom is 0.290 e. The van der Waals surface area contributed by atoms with Gasteiger partial charge in [-0.05, 0) is 35.4 Å². The highest BCUT2D eigenvalue weighted by molar-refractivity contribution is 5.96. The van der Waals surface area contributed by atoms with E-state index in [-0.39, 0.29) is 17.6 Å². The fourth-order valence-corrected chi connectivity index (χ4v) is 4.41. The summed E-state index contributed by atoms with van der Waals surface area (Å²) in [6.07, 6.45) is 3.78. The fourth-order valence-electron chi connectivity index (χ4n) is 4.41. The van der Waals surface area contributed by atoms with Gasteiger partial charge in [-0.1, -0.05) is 30.3 Å². The van der Waals surface area contributed by atoms with Gasteiger partial charge in [0.25, 0.3) is 5.91 Å². The summed E-state index contributed by atoms with van der Waals surface area (Å²) in [5.41, 5.74) is 2.20. The van der Waals surface area contributed by atoms with Gasteiger partial charge >= 0.3 is 0 Å². The average molecular weight is 416 g/mol. The molecule has 2 aliphatic rings. The Bertz CT molecular complexity index is 1060. The van der Waals surface area contributed by atoms with Gasteiger partial charge < -0.3 is 19.1 Å². The maximum absolute atomic E-state index is 13.6. The molecule has 1 unspecified atom stereocenters. The summed E-state index contributed by atoms with van der Waals surface area (Å²) in [5.74, 6) is 0.938. The molecule has 2 aromatic heterocycles. The predicted octanol–water partition coefficient (Wildman–Crippen LogP) is 2.59. The number of hydrogen-bond acceptors (Lipinski definition) is 5. The van der Waals surface area contributed by atoms with E-state index in [0.29, 0.717) is 26.1 Å². The lowest BCUT2D eigenvalue weighted by Gasteiger charge is -2.41. The standard InChI is InChI=1S/C24H24N4O3/c29-23(27-13-11-26(12-14-27)22-9-3-4-10-25-22)20-16-18-6-1-2-7-19(18)17-28(20)24(30)21-8-5-15-31-21/h1-10,15,20H,11-14,16-17H2. The number of amides is 2. The van der Waals surface area contributed by atoms with Gasteiger partial charge in [-0.3, -0.25) is 9.59 Å². The van der Waals surface area contributed by atoms with Gasteiger partial charge in [0.05, 0.1) is 6.26 Å². The molecule has 1 saturated heterocycles. The number of hydrogen-bond donors (Lipinski definition) is 0. The van der Waals surface area contributed by atoms with Crippen LogP contribution in [0.2, 0.25) is 0 Å². The van der Waals surface area contributed by atoms with Crippen molar-refractivity contribution >= 4 is 17.6 Å². The molecule has 5 rings (SSSR count). The molecule has 31 heavy (non-hydrogen) atoms. The van der Waals surface area contributed by atoms with Gasteiger partial charge in [-0.2, -0.15) is 0 Å². The van der Waals surface area contributed by atoms with Crippen molar-refractivity contribution in [2.45, 2.75) is 19.0 Å². The third kappa shape index (κ3) is 3.79. The van der Waals surface area contributed by atoms with Crippen molar-refractivity contribution in [3.63, 3.8) is 0 Å². The lowest BCUT2D eigenvalue weighted by Crippen LogP contribution is -2.57. The summed E-state index contributed by atoms with van der Waals surface area (Å²) < 4.78 is 5.34. The Labute approximate surface area is 180 Å². The van der Waals surface area contributed by atoms with Crippen molar-refractivity contribution < 1.29 is 14.0 Å². The summed E-state index contributed by atoms with van der Waals surface area (Å²) in [4.78, 5) is 36.8. The van der Waals surface area contributed by atoms with Crippen LogP contribution in [0.15, 0.2) is 71.5 Å². The second kappa shape index (κ2) is 8.26. The van der Waals surface area contributed by atoms with Gasteiger partial charge in [0.1, 0.15) is 11.9 Å². The summed E-state index contributed by atoms with van der Waals surface area (Å²) in [6, 6.07) is 16.7. The van der Waals surface area contributed by atoms with Crippen LogP contribution in [0, 0.1) is 0 Å². The monoisotopic (exact) mass is 416 g/mol. The smallest absolute Gasteiger partial charge is 0.290 e. The zero-order valence-corrected chi connectivity index (χ0v) is 17.2. The molecule has 7 nitrogen and oxygen atoms in total. The number of furan rings is 1. The minimum Gasteiger partial charge on any atom is -0.459 e. The molecule has 7 heteroatoms. The number of rotatable bonds is 3. The number of carbonyl (C=O) groups is 2. The molecule has 1 aromatic carbocycles. The van der Waals surface area contributed by atoms with Gasteiger partial charge in [0, 0.05) is 45.3 Å². The van der Waals surface area contributed by atoms with Gasteiger partial charge in [-0.15, -0.1) is 0 Å². The number of fused-ring (bicyclic) bond motifs is 1. The Kier molecular flexibility index (Phi) is 5.16. The first kappa shape index (κ1) is 19.4. The minimum absolute atomic E-state index is 0.00456. The maximum atomic E-state index is 13.6. The molecule has 0 aliphatic carbocycles. The molecule has 158 valence electrons. The van der Waals surface area contributed by atoms with E-state index >= 15 is 0 Å². The van der Waals surface area contributed by atoms with E-state index in [1.54, 1.807) is 23.2 Å². The molecule has 0 spiro atoms. The van der Waals surface area contributed by atoms with Crippen LogP contribution in [0.25, 0.3) is 0 Å². The van der Waals surface area contributed by atoms with Crippen LogP contribution >= 0.6 is 0 Å². The van der Waals surface area contributed by atoms with Crippen LogP contribution in [0.4, 0.5) is 5.82 Å². The Balaban J connectivity index is 1.35. The van der Waals surface area contributed by atoms with Gasteiger partial charge in [-0.25, -0.2) is 4.98 Å². The van der Waals surface area contributed by atoms with Crippen LogP contribution in [0.5, 0.6) is 0 Å². The SMILES string of the molecule is O=C(C1Cc2ccccc2CN1C(=O)c1ccco1)N1CCN(c2ccccn2)CC1.